The molecule has 2 atom stereocenters. The summed E-state index contributed by atoms with van der Waals surface area (Å²) in [5.74, 6) is 0.666. The molecule has 1 aliphatic heterocycles. The van der Waals surface area contributed by atoms with Crippen molar-refractivity contribution >= 4 is 0 Å². The lowest BCUT2D eigenvalue weighted by Crippen LogP contribution is -2.36. The van der Waals surface area contributed by atoms with Crippen molar-refractivity contribution in [1.29, 1.82) is 0 Å². The van der Waals surface area contributed by atoms with Crippen LogP contribution < -0.4 is 5.32 Å². The number of hydrogen-bond acceptors (Lipinski definition) is 3. The molecule has 1 fully saturated rings. The molecule has 3 nitrogen and oxygen atoms in total. The number of nitrogens with one attached hydrogen (secondary N) is 1. The van der Waals surface area contributed by atoms with E-state index in [0.29, 0.717) is 18.6 Å². The van der Waals surface area contributed by atoms with E-state index >= 15 is 0 Å². The van der Waals surface area contributed by atoms with Gasteiger partial charge in [0.05, 0.1) is 6.61 Å². The summed E-state index contributed by atoms with van der Waals surface area (Å²) in [7, 11) is 1.98. The molecule has 0 bridgehead atoms. The molecule has 2 N–H and O–H groups in total. The number of nitrogens with zero attached hydrogens (tertiary/aromatic N) is 1. The highest BCUT2D eigenvalue weighted by molar-refractivity contribution is 4.83. The molecule has 0 radical (unpaired) electrons. The quantitative estimate of drug-likeness (QED) is 0.606. The normalized spacial score (nSPS) is 29.8. The van der Waals surface area contributed by atoms with E-state index in [-0.39, 0.29) is 0 Å². The predicted octanol–water partition coefficient (Wildman–Crippen LogP) is 0.299. The molecule has 0 aliphatic carbocycles. The number of rotatable bonds is 5. The van der Waals surface area contributed by atoms with Crippen LogP contribution in [0.3, 0.4) is 0 Å². The molecule has 0 aromatic rings. The van der Waals surface area contributed by atoms with Gasteiger partial charge in [0.25, 0.3) is 0 Å². The van der Waals surface area contributed by atoms with E-state index in [1.165, 1.54) is 12.8 Å². The second kappa shape index (κ2) is 5.58. The SMILES string of the molecule is CNCCCN1CCC(C)C1CO. The van der Waals surface area contributed by atoms with Gasteiger partial charge < -0.3 is 10.4 Å². The van der Waals surface area contributed by atoms with Crippen LogP contribution in [0.2, 0.25) is 0 Å². The molecule has 13 heavy (non-hydrogen) atoms. The summed E-state index contributed by atoms with van der Waals surface area (Å²) in [5.41, 5.74) is 0. The molecule has 0 amide bonds. The molecule has 3 heteroatoms. The van der Waals surface area contributed by atoms with Gasteiger partial charge in [-0.25, -0.2) is 0 Å². The fraction of sp³-hybridized carbons (Fsp3) is 1.00. The van der Waals surface area contributed by atoms with Crippen molar-refractivity contribution in [3.8, 4) is 0 Å². The molecule has 2 unspecified atom stereocenters. The first-order chi connectivity index (χ1) is 6.29. The maximum atomic E-state index is 9.21. The molecule has 1 rings (SSSR count). The van der Waals surface area contributed by atoms with Crippen molar-refractivity contribution in [2.45, 2.75) is 25.8 Å². The standard InChI is InChI=1S/C10H22N2O/c1-9-4-7-12(10(9)8-13)6-3-5-11-2/h9-11,13H,3-8H2,1-2H3. The maximum Gasteiger partial charge on any atom is 0.0589 e. The Labute approximate surface area is 81.1 Å². The molecule has 78 valence electrons. The molecule has 0 aromatic heterocycles. The van der Waals surface area contributed by atoms with E-state index in [9.17, 15) is 5.11 Å². The lowest BCUT2D eigenvalue weighted by molar-refractivity contribution is 0.138. The molecule has 1 aliphatic rings. The van der Waals surface area contributed by atoms with Gasteiger partial charge in [-0.2, -0.15) is 0 Å². The van der Waals surface area contributed by atoms with Crippen LogP contribution in [0.1, 0.15) is 19.8 Å². The fourth-order valence-corrected chi connectivity index (χ4v) is 2.12. The summed E-state index contributed by atoms with van der Waals surface area (Å²) in [5, 5.41) is 12.4. The van der Waals surface area contributed by atoms with Crippen LogP contribution in [-0.2, 0) is 0 Å². The summed E-state index contributed by atoms with van der Waals surface area (Å²) in [6.07, 6.45) is 2.42. The Morgan fingerprint density at radius 2 is 2.31 bits per heavy atom. The molecule has 1 saturated heterocycles. The topological polar surface area (TPSA) is 35.5 Å². The van der Waals surface area contributed by atoms with E-state index in [1.807, 2.05) is 7.05 Å². The zero-order chi connectivity index (χ0) is 9.68. The Bertz CT molecular complexity index is 141. The molecular weight excluding hydrogens is 164 g/mol. The zero-order valence-corrected chi connectivity index (χ0v) is 8.79. The van der Waals surface area contributed by atoms with Crippen molar-refractivity contribution in [2.24, 2.45) is 5.92 Å². The number of hydrogen-bond donors (Lipinski definition) is 2. The predicted molar refractivity (Wildman–Crippen MR) is 54.8 cm³/mol. The Morgan fingerprint density at radius 3 is 2.92 bits per heavy atom. The number of aliphatic hydroxyl groups is 1. The van der Waals surface area contributed by atoms with Gasteiger partial charge in [0.1, 0.15) is 0 Å². The summed E-state index contributed by atoms with van der Waals surface area (Å²) >= 11 is 0. The van der Waals surface area contributed by atoms with Crippen LogP contribution in [0.5, 0.6) is 0 Å². The third-order valence-electron chi connectivity index (χ3n) is 3.06. The van der Waals surface area contributed by atoms with E-state index in [1.54, 1.807) is 0 Å². The van der Waals surface area contributed by atoms with E-state index in [4.69, 9.17) is 0 Å². The van der Waals surface area contributed by atoms with Crippen LogP contribution >= 0.6 is 0 Å². The average Bonchev–Trinajstić information content (AvgIpc) is 2.47. The molecule has 0 spiro atoms. The number of likely N-dealkylation sites (tertiary alicyclic amines) is 1. The van der Waals surface area contributed by atoms with Crippen molar-refractivity contribution in [3.63, 3.8) is 0 Å². The van der Waals surface area contributed by atoms with Crippen molar-refractivity contribution < 1.29 is 5.11 Å². The van der Waals surface area contributed by atoms with Crippen LogP contribution in [-0.4, -0.2) is 49.3 Å². The minimum absolute atomic E-state index is 0.320. The lowest BCUT2D eigenvalue weighted by atomic mass is 10.0. The van der Waals surface area contributed by atoms with Crippen molar-refractivity contribution in [2.75, 3.05) is 33.3 Å². The molecular formula is C10H22N2O. The highest BCUT2D eigenvalue weighted by Crippen LogP contribution is 2.23. The first-order valence-corrected chi connectivity index (χ1v) is 5.29. The maximum absolute atomic E-state index is 9.21. The molecule has 1 heterocycles. The van der Waals surface area contributed by atoms with Gasteiger partial charge in [-0.1, -0.05) is 6.92 Å². The monoisotopic (exact) mass is 186 g/mol. The highest BCUT2D eigenvalue weighted by Gasteiger charge is 2.29. The second-order valence-electron chi connectivity index (χ2n) is 4.01. The zero-order valence-electron chi connectivity index (χ0n) is 8.79. The third kappa shape index (κ3) is 2.93. The van der Waals surface area contributed by atoms with Crippen LogP contribution in [0.25, 0.3) is 0 Å². The Kier molecular flexibility index (Phi) is 4.70. The van der Waals surface area contributed by atoms with Gasteiger partial charge >= 0.3 is 0 Å². The second-order valence-corrected chi connectivity index (χ2v) is 4.01. The Hall–Kier alpha value is -0.120. The van der Waals surface area contributed by atoms with Crippen molar-refractivity contribution in [1.82, 2.24) is 10.2 Å². The van der Waals surface area contributed by atoms with Crippen LogP contribution in [0.15, 0.2) is 0 Å². The summed E-state index contributed by atoms with van der Waals surface area (Å²) in [6.45, 7) is 5.91. The minimum atomic E-state index is 0.320. The van der Waals surface area contributed by atoms with Crippen molar-refractivity contribution in [3.05, 3.63) is 0 Å². The fourth-order valence-electron chi connectivity index (χ4n) is 2.12. The van der Waals surface area contributed by atoms with Gasteiger partial charge in [-0.05, 0) is 45.4 Å². The van der Waals surface area contributed by atoms with Gasteiger partial charge in [-0.3, -0.25) is 4.90 Å². The van der Waals surface area contributed by atoms with Gasteiger partial charge in [-0.15, -0.1) is 0 Å². The average molecular weight is 186 g/mol. The minimum Gasteiger partial charge on any atom is -0.395 e. The first-order valence-electron chi connectivity index (χ1n) is 5.29. The smallest absolute Gasteiger partial charge is 0.0589 e. The lowest BCUT2D eigenvalue weighted by Gasteiger charge is -2.24. The summed E-state index contributed by atoms with van der Waals surface area (Å²) < 4.78 is 0. The third-order valence-corrected chi connectivity index (χ3v) is 3.06. The van der Waals surface area contributed by atoms with E-state index in [2.05, 4.69) is 17.1 Å². The molecule has 0 saturated carbocycles. The Balaban J connectivity index is 2.24. The molecule has 0 aromatic carbocycles. The number of aliphatic hydroxyl groups excluding tert-OH is 1. The Morgan fingerprint density at radius 1 is 1.54 bits per heavy atom. The first kappa shape index (κ1) is 11.0. The highest BCUT2D eigenvalue weighted by atomic mass is 16.3. The summed E-state index contributed by atoms with van der Waals surface area (Å²) in [6, 6.07) is 0.414. The van der Waals surface area contributed by atoms with Crippen LogP contribution in [0, 0.1) is 5.92 Å². The van der Waals surface area contributed by atoms with E-state index < -0.39 is 0 Å². The van der Waals surface area contributed by atoms with Gasteiger partial charge in [0.2, 0.25) is 0 Å². The van der Waals surface area contributed by atoms with E-state index in [0.717, 1.165) is 19.6 Å². The van der Waals surface area contributed by atoms with Crippen LogP contribution in [0.4, 0.5) is 0 Å². The largest absolute Gasteiger partial charge is 0.395 e. The van der Waals surface area contributed by atoms with Gasteiger partial charge in [0, 0.05) is 6.04 Å². The summed E-state index contributed by atoms with van der Waals surface area (Å²) in [4.78, 5) is 2.42. The van der Waals surface area contributed by atoms with Gasteiger partial charge in [0.15, 0.2) is 0 Å².